The molecular weight excluding hydrogens is 262 g/mol. The number of hydrogen-bond acceptors (Lipinski definition) is 4. The van der Waals surface area contributed by atoms with Crippen LogP contribution in [0, 0.1) is 13.8 Å². The van der Waals surface area contributed by atoms with Crippen LogP contribution in [0.2, 0.25) is 0 Å². The second kappa shape index (κ2) is 5.46. The first-order chi connectivity index (χ1) is 10.2. The standard InChI is InChI=1S/C16H17N5/c1-11-6-12(2)8-14(7-11)21-16(15(9-17)19-20-21)13-4-3-5-18-10-13/h3-8,10H,9,17H2,1-2H3. The first kappa shape index (κ1) is 13.5. The summed E-state index contributed by atoms with van der Waals surface area (Å²) in [5.74, 6) is 0. The number of aromatic nitrogens is 4. The summed E-state index contributed by atoms with van der Waals surface area (Å²) >= 11 is 0. The molecule has 2 aromatic heterocycles. The highest BCUT2D eigenvalue weighted by Gasteiger charge is 2.15. The van der Waals surface area contributed by atoms with Crippen LogP contribution in [0.4, 0.5) is 0 Å². The Labute approximate surface area is 123 Å². The van der Waals surface area contributed by atoms with Crippen molar-refractivity contribution in [2.45, 2.75) is 20.4 Å². The highest BCUT2D eigenvalue weighted by molar-refractivity contribution is 5.63. The predicted molar refractivity (Wildman–Crippen MR) is 82.0 cm³/mol. The van der Waals surface area contributed by atoms with E-state index in [1.54, 1.807) is 12.4 Å². The second-order valence-corrected chi connectivity index (χ2v) is 5.09. The van der Waals surface area contributed by atoms with Crippen molar-refractivity contribution in [2.24, 2.45) is 5.73 Å². The van der Waals surface area contributed by atoms with E-state index in [4.69, 9.17) is 5.73 Å². The molecule has 5 nitrogen and oxygen atoms in total. The minimum absolute atomic E-state index is 0.342. The average Bonchev–Trinajstić information content (AvgIpc) is 2.91. The van der Waals surface area contributed by atoms with Gasteiger partial charge in [-0.25, -0.2) is 4.68 Å². The molecule has 0 atom stereocenters. The summed E-state index contributed by atoms with van der Waals surface area (Å²) in [5, 5.41) is 8.48. The number of aryl methyl sites for hydroxylation is 2. The van der Waals surface area contributed by atoms with Gasteiger partial charge in [-0.15, -0.1) is 5.10 Å². The van der Waals surface area contributed by atoms with Crippen LogP contribution in [-0.2, 0) is 6.54 Å². The summed E-state index contributed by atoms with van der Waals surface area (Å²) in [7, 11) is 0. The van der Waals surface area contributed by atoms with Crippen molar-refractivity contribution in [3.63, 3.8) is 0 Å². The van der Waals surface area contributed by atoms with Gasteiger partial charge in [0, 0.05) is 24.5 Å². The lowest BCUT2D eigenvalue weighted by molar-refractivity contribution is 0.798. The first-order valence-corrected chi connectivity index (χ1v) is 6.83. The molecule has 1 aromatic carbocycles. The molecule has 0 radical (unpaired) electrons. The Bertz CT molecular complexity index is 741. The Balaban J connectivity index is 2.22. The molecule has 0 aliphatic heterocycles. The van der Waals surface area contributed by atoms with Gasteiger partial charge in [-0.05, 0) is 49.2 Å². The van der Waals surface area contributed by atoms with E-state index < -0.39 is 0 Å². The minimum atomic E-state index is 0.342. The molecule has 0 unspecified atom stereocenters. The smallest absolute Gasteiger partial charge is 0.105 e. The molecule has 2 N–H and O–H groups in total. The first-order valence-electron chi connectivity index (χ1n) is 6.83. The van der Waals surface area contributed by atoms with Gasteiger partial charge in [-0.1, -0.05) is 11.3 Å². The normalized spacial score (nSPS) is 10.8. The fourth-order valence-corrected chi connectivity index (χ4v) is 2.50. The van der Waals surface area contributed by atoms with E-state index in [9.17, 15) is 0 Å². The van der Waals surface area contributed by atoms with Gasteiger partial charge < -0.3 is 5.73 Å². The van der Waals surface area contributed by atoms with Crippen LogP contribution in [-0.4, -0.2) is 20.0 Å². The fourth-order valence-electron chi connectivity index (χ4n) is 2.50. The molecule has 0 saturated heterocycles. The third-order valence-electron chi connectivity index (χ3n) is 3.32. The molecular formula is C16H17N5. The average molecular weight is 279 g/mol. The Morgan fingerprint density at radius 3 is 2.52 bits per heavy atom. The van der Waals surface area contributed by atoms with Crippen LogP contribution in [0.3, 0.4) is 0 Å². The van der Waals surface area contributed by atoms with E-state index in [1.165, 1.54) is 11.1 Å². The zero-order valence-electron chi connectivity index (χ0n) is 12.1. The molecule has 21 heavy (non-hydrogen) atoms. The van der Waals surface area contributed by atoms with Crippen LogP contribution < -0.4 is 5.73 Å². The lowest BCUT2D eigenvalue weighted by Gasteiger charge is -2.09. The molecule has 3 aromatic rings. The summed E-state index contributed by atoms with van der Waals surface area (Å²) < 4.78 is 1.83. The van der Waals surface area contributed by atoms with Crippen molar-refractivity contribution in [3.8, 4) is 16.9 Å². The molecule has 3 rings (SSSR count). The summed E-state index contributed by atoms with van der Waals surface area (Å²) in [6.45, 7) is 4.48. The number of nitrogens with zero attached hydrogens (tertiary/aromatic N) is 4. The molecule has 0 amide bonds. The van der Waals surface area contributed by atoms with E-state index in [1.807, 2.05) is 16.8 Å². The van der Waals surface area contributed by atoms with Crippen molar-refractivity contribution < 1.29 is 0 Å². The number of nitrogens with two attached hydrogens (primary N) is 1. The maximum Gasteiger partial charge on any atom is 0.105 e. The van der Waals surface area contributed by atoms with Gasteiger partial charge in [-0.3, -0.25) is 4.98 Å². The maximum atomic E-state index is 5.80. The van der Waals surface area contributed by atoms with Crippen molar-refractivity contribution in [1.29, 1.82) is 0 Å². The Morgan fingerprint density at radius 1 is 1.14 bits per heavy atom. The van der Waals surface area contributed by atoms with E-state index in [0.717, 1.165) is 22.6 Å². The molecule has 106 valence electrons. The molecule has 0 saturated carbocycles. The number of rotatable bonds is 3. The van der Waals surface area contributed by atoms with Crippen molar-refractivity contribution in [1.82, 2.24) is 20.0 Å². The SMILES string of the molecule is Cc1cc(C)cc(-n2nnc(CN)c2-c2cccnc2)c1. The third kappa shape index (κ3) is 2.55. The van der Waals surface area contributed by atoms with Crippen LogP contribution in [0.25, 0.3) is 16.9 Å². The largest absolute Gasteiger partial charge is 0.325 e. The summed E-state index contributed by atoms with van der Waals surface area (Å²) in [4.78, 5) is 4.18. The topological polar surface area (TPSA) is 69.6 Å². The molecule has 0 bridgehead atoms. The molecule has 0 fully saturated rings. The lowest BCUT2D eigenvalue weighted by atomic mass is 10.1. The molecule has 0 aliphatic carbocycles. The highest BCUT2D eigenvalue weighted by Crippen LogP contribution is 2.25. The minimum Gasteiger partial charge on any atom is -0.325 e. The van der Waals surface area contributed by atoms with Gasteiger partial charge in [0.1, 0.15) is 11.4 Å². The van der Waals surface area contributed by atoms with E-state index in [-0.39, 0.29) is 0 Å². The van der Waals surface area contributed by atoms with Crippen LogP contribution >= 0.6 is 0 Å². The number of hydrogen-bond donors (Lipinski definition) is 1. The van der Waals surface area contributed by atoms with E-state index in [2.05, 4.69) is 47.3 Å². The summed E-state index contributed by atoms with van der Waals surface area (Å²) in [5.41, 5.74) is 11.8. The van der Waals surface area contributed by atoms with Gasteiger partial charge in [0.25, 0.3) is 0 Å². The van der Waals surface area contributed by atoms with Crippen LogP contribution in [0.1, 0.15) is 16.8 Å². The summed E-state index contributed by atoms with van der Waals surface area (Å²) in [6, 6.07) is 10.2. The summed E-state index contributed by atoms with van der Waals surface area (Å²) in [6.07, 6.45) is 3.55. The van der Waals surface area contributed by atoms with Gasteiger partial charge in [0.15, 0.2) is 0 Å². The fraction of sp³-hybridized carbons (Fsp3) is 0.188. The van der Waals surface area contributed by atoms with Gasteiger partial charge in [0.05, 0.1) is 5.69 Å². The van der Waals surface area contributed by atoms with E-state index in [0.29, 0.717) is 6.54 Å². The molecule has 2 heterocycles. The quantitative estimate of drug-likeness (QED) is 0.799. The van der Waals surface area contributed by atoms with Gasteiger partial charge in [-0.2, -0.15) is 0 Å². The molecule has 5 heteroatoms. The Morgan fingerprint density at radius 2 is 1.90 bits per heavy atom. The van der Waals surface area contributed by atoms with Crippen molar-refractivity contribution in [3.05, 3.63) is 59.5 Å². The number of pyridine rings is 1. The molecule has 0 spiro atoms. The van der Waals surface area contributed by atoms with Crippen LogP contribution in [0.5, 0.6) is 0 Å². The second-order valence-electron chi connectivity index (χ2n) is 5.09. The predicted octanol–water partition coefficient (Wildman–Crippen LogP) is 2.40. The zero-order valence-corrected chi connectivity index (χ0v) is 12.1. The van der Waals surface area contributed by atoms with Crippen molar-refractivity contribution in [2.75, 3.05) is 0 Å². The highest BCUT2D eigenvalue weighted by atomic mass is 15.4. The molecule has 0 aliphatic rings. The van der Waals surface area contributed by atoms with Gasteiger partial charge in [0.2, 0.25) is 0 Å². The monoisotopic (exact) mass is 279 g/mol. The number of benzene rings is 1. The lowest BCUT2D eigenvalue weighted by Crippen LogP contribution is -2.03. The van der Waals surface area contributed by atoms with Gasteiger partial charge >= 0.3 is 0 Å². The van der Waals surface area contributed by atoms with Crippen LogP contribution in [0.15, 0.2) is 42.7 Å². The Kier molecular flexibility index (Phi) is 3.50. The van der Waals surface area contributed by atoms with Crippen molar-refractivity contribution >= 4 is 0 Å². The Hall–Kier alpha value is -2.53. The third-order valence-corrected chi connectivity index (χ3v) is 3.32. The zero-order chi connectivity index (χ0) is 14.8. The van der Waals surface area contributed by atoms with E-state index >= 15 is 0 Å². The maximum absolute atomic E-state index is 5.80.